The zero-order valence-electron chi connectivity index (χ0n) is 29.7. The van der Waals surface area contributed by atoms with Crippen LogP contribution in [0.25, 0.3) is 0 Å². The lowest BCUT2D eigenvalue weighted by atomic mass is 9.49. The second-order valence-corrected chi connectivity index (χ2v) is 14.2. The Balaban J connectivity index is 1.34. The van der Waals surface area contributed by atoms with E-state index in [1.165, 1.54) is 38.5 Å². The molecule has 2 aliphatic carbocycles. The van der Waals surface area contributed by atoms with E-state index in [1.807, 2.05) is 55.5 Å². The minimum Gasteiger partial charge on any atom is -0.502 e. The van der Waals surface area contributed by atoms with Gasteiger partial charge in [-0.15, -0.1) is 0 Å². The molecule has 12 nitrogen and oxygen atoms in total. The van der Waals surface area contributed by atoms with Gasteiger partial charge in [0.2, 0.25) is 17.6 Å². The maximum atomic E-state index is 15.4. The van der Waals surface area contributed by atoms with Crippen LogP contribution in [0.4, 0.5) is 11.4 Å². The first-order valence-corrected chi connectivity index (χ1v) is 17.6. The third-order valence-electron chi connectivity index (χ3n) is 11.6. The number of phenols is 1. The van der Waals surface area contributed by atoms with Crippen LogP contribution >= 0.6 is 0 Å². The molecule has 274 valence electrons. The van der Waals surface area contributed by atoms with Crippen LogP contribution in [-0.4, -0.2) is 59.0 Å². The average molecular weight is 728 g/mol. The molecular weight excluding hydrogens is 690 g/mol. The minimum atomic E-state index is -1.54. The Labute approximate surface area is 310 Å². The number of hydrogen-bond donors (Lipinski definition) is 3. The van der Waals surface area contributed by atoms with Gasteiger partial charge in [0.1, 0.15) is 0 Å². The van der Waals surface area contributed by atoms with Crippen LogP contribution < -0.4 is 19.8 Å². The number of amides is 4. The highest BCUT2D eigenvalue weighted by Crippen LogP contribution is 2.65. The van der Waals surface area contributed by atoms with Gasteiger partial charge in [-0.3, -0.25) is 29.5 Å². The monoisotopic (exact) mass is 727 g/mol. The van der Waals surface area contributed by atoms with Gasteiger partial charge in [-0.05, 0) is 79.3 Å². The quantitative estimate of drug-likeness (QED) is 0.154. The first-order chi connectivity index (χ1) is 26.0. The molecule has 3 fully saturated rings. The Bertz CT molecular complexity index is 2250. The lowest BCUT2D eigenvalue weighted by Gasteiger charge is -2.50. The van der Waals surface area contributed by atoms with Crippen molar-refractivity contribution in [1.29, 1.82) is 0 Å². The SMILES string of the molecule is COc1cc(C2C3=CCC4C(=O)N(c5cccc(C(=O)O)c5)C(=O)C4C3CC3C(=O)N(Nc4ccc(C)cc4)C(=O)C32c2ccccc2)cc(OC)c1O. The van der Waals surface area contributed by atoms with Crippen LogP contribution in [0, 0.1) is 30.6 Å². The maximum Gasteiger partial charge on any atom is 0.335 e. The zero-order chi connectivity index (χ0) is 38.1. The maximum absolute atomic E-state index is 15.4. The molecule has 0 bridgehead atoms. The lowest BCUT2D eigenvalue weighted by Crippen LogP contribution is -2.53. The van der Waals surface area contributed by atoms with Gasteiger partial charge in [-0.2, -0.15) is 5.01 Å². The fourth-order valence-electron chi connectivity index (χ4n) is 9.24. The highest BCUT2D eigenvalue weighted by atomic mass is 16.5. The number of imide groups is 2. The molecule has 6 unspecified atom stereocenters. The molecule has 2 saturated heterocycles. The average Bonchev–Trinajstić information content (AvgIpc) is 3.56. The Kier molecular flexibility index (Phi) is 8.28. The van der Waals surface area contributed by atoms with Gasteiger partial charge >= 0.3 is 5.97 Å². The molecule has 1 saturated carbocycles. The summed E-state index contributed by atoms with van der Waals surface area (Å²) in [4.78, 5) is 71.8. The van der Waals surface area contributed by atoms with Crippen LogP contribution in [0.2, 0.25) is 0 Å². The smallest absolute Gasteiger partial charge is 0.335 e. The Hall–Kier alpha value is -6.43. The molecule has 4 aromatic rings. The molecule has 2 heterocycles. The van der Waals surface area contributed by atoms with Crippen molar-refractivity contribution in [1.82, 2.24) is 5.01 Å². The molecular formula is C42H37N3O9. The number of fused-ring (bicyclic) bond motifs is 4. The standard InChI is InChI=1S/C42H37N3O9/c1-22-12-14-26(15-13-22)43-45-38(48)31-21-30-28(16-17-29-34(30)39(49)44(37(29)47)27-11-7-8-23(18-27)40(50)51)35(24-19-32(53-2)36(46)33(20-24)54-3)42(31,41(45)52)25-9-5-4-6-10-25/h4-16,18-20,29-31,34-35,43,46H,17,21H2,1-3H3,(H,50,51). The lowest BCUT2D eigenvalue weighted by molar-refractivity contribution is -0.138. The normalized spacial score (nSPS) is 25.8. The number of methoxy groups -OCH3 is 2. The van der Waals surface area contributed by atoms with E-state index in [9.17, 15) is 29.4 Å². The number of aromatic hydroxyl groups is 1. The summed E-state index contributed by atoms with van der Waals surface area (Å²) >= 11 is 0. The molecule has 8 rings (SSSR count). The second kappa shape index (κ2) is 12.9. The first kappa shape index (κ1) is 34.6. The van der Waals surface area contributed by atoms with Crippen LogP contribution in [-0.2, 0) is 24.6 Å². The number of aryl methyl sites for hydroxylation is 1. The summed E-state index contributed by atoms with van der Waals surface area (Å²) in [7, 11) is 2.80. The molecule has 12 heteroatoms. The molecule has 6 atom stereocenters. The molecule has 0 spiro atoms. The summed E-state index contributed by atoms with van der Waals surface area (Å²) < 4.78 is 11.2. The third-order valence-corrected chi connectivity index (χ3v) is 11.6. The summed E-state index contributed by atoms with van der Waals surface area (Å²) in [5.41, 5.74) is 4.93. The van der Waals surface area contributed by atoms with Gasteiger partial charge in [0.05, 0.1) is 54.3 Å². The number of aromatic carboxylic acids is 1. The predicted molar refractivity (Wildman–Crippen MR) is 196 cm³/mol. The van der Waals surface area contributed by atoms with Crippen LogP contribution in [0.1, 0.15) is 45.8 Å². The topological polar surface area (TPSA) is 163 Å². The first-order valence-electron chi connectivity index (χ1n) is 17.6. The summed E-state index contributed by atoms with van der Waals surface area (Å²) in [6, 6.07) is 25.3. The fraction of sp³-hybridized carbons (Fsp3) is 0.262. The largest absolute Gasteiger partial charge is 0.502 e. The summed E-state index contributed by atoms with van der Waals surface area (Å²) in [5, 5.41) is 21.7. The number of nitrogens with zero attached hydrogens (tertiary/aromatic N) is 2. The van der Waals surface area contributed by atoms with Crippen LogP contribution in [0.15, 0.2) is 103 Å². The predicted octanol–water partition coefficient (Wildman–Crippen LogP) is 5.61. The van der Waals surface area contributed by atoms with Crippen molar-refractivity contribution in [2.75, 3.05) is 24.5 Å². The number of ether oxygens (including phenoxy) is 2. The van der Waals surface area contributed by atoms with Crippen LogP contribution in [0.3, 0.4) is 0 Å². The highest BCUT2D eigenvalue weighted by Gasteiger charge is 2.70. The van der Waals surface area contributed by atoms with Crippen LogP contribution in [0.5, 0.6) is 17.2 Å². The molecule has 0 radical (unpaired) electrons. The molecule has 4 aromatic carbocycles. The van der Waals surface area contributed by atoms with Crippen molar-refractivity contribution < 1.29 is 43.7 Å². The van der Waals surface area contributed by atoms with Gasteiger partial charge < -0.3 is 19.7 Å². The van der Waals surface area contributed by atoms with Crippen molar-refractivity contribution in [3.63, 3.8) is 0 Å². The van der Waals surface area contributed by atoms with Crippen molar-refractivity contribution >= 4 is 41.0 Å². The van der Waals surface area contributed by atoms with Gasteiger partial charge in [0, 0.05) is 5.92 Å². The van der Waals surface area contributed by atoms with E-state index >= 15 is 4.79 Å². The molecule has 54 heavy (non-hydrogen) atoms. The van der Waals surface area contributed by atoms with Gasteiger partial charge in [0.25, 0.3) is 11.8 Å². The number of carbonyl (C=O) groups is 5. The highest BCUT2D eigenvalue weighted by molar-refractivity contribution is 6.23. The van der Waals surface area contributed by atoms with E-state index in [4.69, 9.17) is 9.47 Å². The minimum absolute atomic E-state index is 0.0707. The van der Waals surface area contributed by atoms with Crippen molar-refractivity contribution in [2.24, 2.45) is 23.7 Å². The molecule has 2 aliphatic heterocycles. The zero-order valence-corrected chi connectivity index (χ0v) is 29.7. The van der Waals surface area contributed by atoms with E-state index in [1.54, 1.807) is 24.3 Å². The van der Waals surface area contributed by atoms with Gasteiger partial charge in [0.15, 0.2) is 11.5 Å². The number of anilines is 2. The van der Waals surface area contributed by atoms with E-state index in [0.29, 0.717) is 22.4 Å². The summed E-state index contributed by atoms with van der Waals surface area (Å²) in [6.45, 7) is 1.93. The Morgan fingerprint density at radius 1 is 0.833 bits per heavy atom. The van der Waals surface area contributed by atoms with E-state index in [2.05, 4.69) is 5.43 Å². The number of hydrogen-bond acceptors (Lipinski definition) is 9. The number of hydrazine groups is 1. The Morgan fingerprint density at radius 3 is 2.17 bits per heavy atom. The van der Waals surface area contributed by atoms with E-state index < -0.39 is 64.6 Å². The Morgan fingerprint density at radius 2 is 1.52 bits per heavy atom. The van der Waals surface area contributed by atoms with E-state index in [-0.39, 0.29) is 41.3 Å². The van der Waals surface area contributed by atoms with Gasteiger partial charge in [-0.1, -0.05) is 65.7 Å². The number of allylic oxidation sites excluding steroid dienone is 2. The number of nitrogens with one attached hydrogen (secondary N) is 1. The number of benzene rings is 4. The molecule has 3 N–H and O–H groups in total. The van der Waals surface area contributed by atoms with Crippen molar-refractivity contribution in [3.8, 4) is 17.2 Å². The number of phenolic OH excluding ortho intramolecular Hbond substituents is 1. The second-order valence-electron chi connectivity index (χ2n) is 14.2. The van der Waals surface area contributed by atoms with E-state index in [0.717, 1.165) is 15.5 Å². The van der Waals surface area contributed by atoms with Crippen molar-refractivity contribution in [3.05, 3.63) is 125 Å². The fourth-order valence-corrected chi connectivity index (χ4v) is 9.24. The molecule has 4 amide bonds. The molecule has 4 aliphatic rings. The number of carboxylic acid groups (broad SMARTS) is 1. The number of carboxylic acids is 1. The van der Waals surface area contributed by atoms with Crippen molar-refractivity contribution in [2.45, 2.75) is 31.1 Å². The molecule has 0 aromatic heterocycles. The summed E-state index contributed by atoms with van der Waals surface area (Å²) in [5.74, 6) is -7.44. The van der Waals surface area contributed by atoms with Gasteiger partial charge in [-0.25, -0.2) is 4.79 Å². The third kappa shape index (κ3) is 5.00. The number of rotatable bonds is 8. The number of carbonyl (C=O) groups excluding carboxylic acids is 4. The summed E-state index contributed by atoms with van der Waals surface area (Å²) in [6.07, 6.45) is 2.16.